The van der Waals surface area contributed by atoms with Crippen molar-refractivity contribution >= 4 is 15.9 Å². The van der Waals surface area contributed by atoms with E-state index in [0.717, 1.165) is 23.4 Å². The Balaban J connectivity index is 2.01. The highest BCUT2D eigenvalue weighted by molar-refractivity contribution is 9.10. The number of hydrogen-bond donors (Lipinski definition) is 1. The van der Waals surface area contributed by atoms with Gasteiger partial charge in [0.15, 0.2) is 0 Å². The van der Waals surface area contributed by atoms with E-state index < -0.39 is 0 Å². The smallest absolute Gasteiger partial charge is 0.0410 e. The second kappa shape index (κ2) is 6.50. The van der Waals surface area contributed by atoms with E-state index >= 15 is 0 Å². The fourth-order valence-corrected chi connectivity index (χ4v) is 3.26. The molecule has 1 aromatic rings. The summed E-state index contributed by atoms with van der Waals surface area (Å²) in [4.78, 5) is 4.25. The van der Waals surface area contributed by atoms with Crippen LogP contribution in [0.25, 0.3) is 0 Å². The Bertz CT molecular complexity index is 348. The van der Waals surface area contributed by atoms with Crippen LogP contribution in [0, 0.1) is 5.92 Å². The Morgan fingerprint density at radius 2 is 2.18 bits per heavy atom. The van der Waals surface area contributed by atoms with Crippen LogP contribution in [0.3, 0.4) is 0 Å². The van der Waals surface area contributed by atoms with Gasteiger partial charge in [-0.15, -0.1) is 0 Å². The van der Waals surface area contributed by atoms with Crippen LogP contribution in [0.4, 0.5) is 0 Å². The molecule has 0 aliphatic heterocycles. The minimum Gasteiger partial charge on any atom is -0.314 e. The summed E-state index contributed by atoms with van der Waals surface area (Å²) in [6.07, 6.45) is 10.5. The van der Waals surface area contributed by atoms with Crippen LogP contribution in [-0.2, 0) is 6.42 Å². The van der Waals surface area contributed by atoms with Crippen molar-refractivity contribution in [3.8, 4) is 0 Å². The fraction of sp³-hybridized carbons (Fsp3) is 0.643. The van der Waals surface area contributed by atoms with E-state index in [2.05, 4.69) is 39.2 Å². The van der Waals surface area contributed by atoms with Crippen molar-refractivity contribution in [3.05, 3.63) is 28.5 Å². The van der Waals surface area contributed by atoms with Crippen LogP contribution >= 0.6 is 15.9 Å². The minimum absolute atomic E-state index is 0.624. The summed E-state index contributed by atoms with van der Waals surface area (Å²) in [6, 6.07) is 2.81. The Morgan fingerprint density at radius 1 is 1.41 bits per heavy atom. The first kappa shape index (κ1) is 13.0. The SMILES string of the molecule is CCNC(Cc1cncc(Br)c1)C1CCCC1. The predicted octanol–water partition coefficient (Wildman–Crippen LogP) is 3.55. The third-order valence-electron chi connectivity index (χ3n) is 3.65. The molecule has 0 spiro atoms. The topological polar surface area (TPSA) is 24.9 Å². The van der Waals surface area contributed by atoms with Gasteiger partial charge in [0.2, 0.25) is 0 Å². The lowest BCUT2D eigenvalue weighted by Crippen LogP contribution is -2.36. The molecule has 1 N–H and O–H groups in total. The van der Waals surface area contributed by atoms with Gasteiger partial charge in [0, 0.05) is 22.9 Å². The molecule has 1 aromatic heterocycles. The first-order valence-electron chi connectivity index (χ1n) is 6.62. The molecular weight excluding hydrogens is 276 g/mol. The maximum absolute atomic E-state index is 4.25. The highest BCUT2D eigenvalue weighted by Crippen LogP contribution is 2.29. The van der Waals surface area contributed by atoms with Crippen LogP contribution in [0.5, 0.6) is 0 Å². The van der Waals surface area contributed by atoms with Crippen LogP contribution in [0.1, 0.15) is 38.2 Å². The van der Waals surface area contributed by atoms with Crippen molar-refractivity contribution in [3.63, 3.8) is 0 Å². The summed E-state index contributed by atoms with van der Waals surface area (Å²) in [5.74, 6) is 0.855. The largest absolute Gasteiger partial charge is 0.314 e. The summed E-state index contributed by atoms with van der Waals surface area (Å²) in [7, 11) is 0. The molecule has 17 heavy (non-hydrogen) atoms. The first-order chi connectivity index (χ1) is 8.29. The zero-order chi connectivity index (χ0) is 12.1. The Kier molecular flexibility index (Phi) is 4.99. The van der Waals surface area contributed by atoms with Gasteiger partial charge in [-0.3, -0.25) is 4.98 Å². The van der Waals surface area contributed by atoms with E-state index in [1.807, 2.05) is 12.4 Å². The van der Waals surface area contributed by atoms with Gasteiger partial charge in [-0.2, -0.15) is 0 Å². The second-order valence-corrected chi connectivity index (χ2v) is 5.84. The van der Waals surface area contributed by atoms with Gasteiger partial charge in [-0.05, 0) is 59.3 Å². The molecule has 1 unspecified atom stereocenters. The third kappa shape index (κ3) is 3.78. The lowest BCUT2D eigenvalue weighted by atomic mass is 9.93. The number of nitrogens with one attached hydrogen (secondary N) is 1. The maximum Gasteiger partial charge on any atom is 0.0410 e. The summed E-state index contributed by atoms with van der Waals surface area (Å²) < 4.78 is 1.08. The van der Waals surface area contributed by atoms with Gasteiger partial charge < -0.3 is 5.32 Å². The standard InChI is InChI=1S/C14H21BrN2/c1-2-17-14(12-5-3-4-6-12)8-11-7-13(15)10-16-9-11/h7,9-10,12,14,17H,2-6,8H2,1H3. The molecule has 2 nitrogen and oxygen atoms in total. The molecule has 0 amide bonds. The van der Waals surface area contributed by atoms with Crippen LogP contribution in [-0.4, -0.2) is 17.6 Å². The number of rotatable bonds is 5. The lowest BCUT2D eigenvalue weighted by Gasteiger charge is -2.24. The molecule has 3 heteroatoms. The van der Waals surface area contributed by atoms with Crippen molar-refractivity contribution in [2.75, 3.05) is 6.54 Å². The molecule has 94 valence electrons. The van der Waals surface area contributed by atoms with Crippen molar-refractivity contribution < 1.29 is 0 Å². The number of nitrogens with zero attached hydrogens (tertiary/aromatic N) is 1. The van der Waals surface area contributed by atoms with Crippen molar-refractivity contribution in [2.45, 2.75) is 45.1 Å². The molecule has 0 radical (unpaired) electrons. The van der Waals surface area contributed by atoms with Gasteiger partial charge in [0.05, 0.1) is 0 Å². The molecule has 2 rings (SSSR count). The van der Waals surface area contributed by atoms with Gasteiger partial charge in [0.25, 0.3) is 0 Å². The van der Waals surface area contributed by atoms with Gasteiger partial charge >= 0.3 is 0 Å². The zero-order valence-corrected chi connectivity index (χ0v) is 12.0. The van der Waals surface area contributed by atoms with E-state index in [4.69, 9.17) is 0 Å². The maximum atomic E-state index is 4.25. The Hall–Kier alpha value is -0.410. The van der Waals surface area contributed by atoms with Gasteiger partial charge in [-0.25, -0.2) is 0 Å². The number of halogens is 1. The molecule has 0 aromatic carbocycles. The first-order valence-corrected chi connectivity index (χ1v) is 7.41. The fourth-order valence-electron chi connectivity index (χ4n) is 2.85. The Labute approximate surface area is 112 Å². The van der Waals surface area contributed by atoms with E-state index in [1.165, 1.54) is 31.2 Å². The van der Waals surface area contributed by atoms with Gasteiger partial charge in [-0.1, -0.05) is 19.8 Å². The third-order valence-corrected chi connectivity index (χ3v) is 4.09. The van der Waals surface area contributed by atoms with Crippen LogP contribution < -0.4 is 5.32 Å². The molecule has 1 fully saturated rings. The summed E-state index contributed by atoms with van der Waals surface area (Å²) >= 11 is 3.49. The van der Waals surface area contributed by atoms with Crippen molar-refractivity contribution in [1.29, 1.82) is 0 Å². The highest BCUT2D eigenvalue weighted by Gasteiger charge is 2.24. The van der Waals surface area contributed by atoms with E-state index in [1.54, 1.807) is 0 Å². The van der Waals surface area contributed by atoms with E-state index in [-0.39, 0.29) is 0 Å². The molecule has 1 saturated carbocycles. The summed E-state index contributed by atoms with van der Waals surface area (Å²) in [5, 5.41) is 3.65. The van der Waals surface area contributed by atoms with Crippen LogP contribution in [0.2, 0.25) is 0 Å². The number of pyridine rings is 1. The monoisotopic (exact) mass is 296 g/mol. The summed E-state index contributed by atoms with van der Waals surface area (Å²) in [5.41, 5.74) is 1.33. The molecule has 1 atom stereocenters. The average molecular weight is 297 g/mol. The number of aromatic nitrogens is 1. The molecular formula is C14H21BrN2. The van der Waals surface area contributed by atoms with Crippen molar-refractivity contribution in [2.24, 2.45) is 5.92 Å². The van der Waals surface area contributed by atoms with E-state index in [9.17, 15) is 0 Å². The average Bonchev–Trinajstić information content (AvgIpc) is 2.82. The van der Waals surface area contributed by atoms with Crippen molar-refractivity contribution in [1.82, 2.24) is 10.3 Å². The molecule has 1 heterocycles. The second-order valence-electron chi connectivity index (χ2n) is 4.92. The lowest BCUT2D eigenvalue weighted by molar-refractivity contribution is 0.362. The number of hydrogen-bond acceptors (Lipinski definition) is 2. The van der Waals surface area contributed by atoms with Crippen LogP contribution in [0.15, 0.2) is 22.9 Å². The molecule has 0 bridgehead atoms. The molecule has 1 aliphatic carbocycles. The summed E-state index contributed by atoms with van der Waals surface area (Å²) in [6.45, 7) is 3.25. The molecule has 1 aliphatic rings. The van der Waals surface area contributed by atoms with Gasteiger partial charge in [0.1, 0.15) is 0 Å². The Morgan fingerprint density at radius 3 is 2.82 bits per heavy atom. The zero-order valence-electron chi connectivity index (χ0n) is 10.5. The number of likely N-dealkylation sites (N-methyl/N-ethyl adjacent to an activating group) is 1. The minimum atomic E-state index is 0.624. The highest BCUT2D eigenvalue weighted by atomic mass is 79.9. The van der Waals surface area contributed by atoms with E-state index in [0.29, 0.717) is 6.04 Å². The predicted molar refractivity (Wildman–Crippen MR) is 75.1 cm³/mol. The quantitative estimate of drug-likeness (QED) is 0.899. The normalized spacial score (nSPS) is 18.5. The molecule has 0 saturated heterocycles.